The van der Waals surface area contributed by atoms with Gasteiger partial charge in [-0.1, -0.05) is 34.1 Å². The van der Waals surface area contributed by atoms with Crippen LogP contribution in [0.15, 0.2) is 58.4 Å². The van der Waals surface area contributed by atoms with Crippen LogP contribution in [0.5, 0.6) is 0 Å². The summed E-state index contributed by atoms with van der Waals surface area (Å²) in [6, 6.07) is 15.1. The van der Waals surface area contributed by atoms with Gasteiger partial charge in [0, 0.05) is 14.9 Å². The molecule has 3 aromatic rings. The summed E-state index contributed by atoms with van der Waals surface area (Å²) < 4.78 is 14.1. The van der Waals surface area contributed by atoms with Gasteiger partial charge in [-0.05, 0) is 59.3 Å². The van der Waals surface area contributed by atoms with Gasteiger partial charge >= 0.3 is 0 Å². The molecule has 1 nitrogen and oxygen atoms in total. The van der Waals surface area contributed by atoms with Crippen LogP contribution in [0.25, 0.3) is 21.6 Å². The number of carbonyl (C=O) groups excluding carboxylic acids is 1. The molecule has 0 amide bonds. The SMILES string of the molecule is C=O.Cc1ccc(Br)cc1-c1ccsc1-c1ccc(F)cc1. The van der Waals surface area contributed by atoms with E-state index in [2.05, 4.69) is 46.4 Å². The van der Waals surface area contributed by atoms with E-state index in [-0.39, 0.29) is 5.82 Å². The highest BCUT2D eigenvalue weighted by Crippen LogP contribution is 2.39. The van der Waals surface area contributed by atoms with Gasteiger partial charge in [-0.25, -0.2) is 4.39 Å². The van der Waals surface area contributed by atoms with Crippen molar-refractivity contribution >= 4 is 34.1 Å². The molecule has 0 aliphatic rings. The highest BCUT2D eigenvalue weighted by Gasteiger charge is 2.11. The molecule has 0 radical (unpaired) electrons. The van der Waals surface area contributed by atoms with Gasteiger partial charge in [0.2, 0.25) is 0 Å². The van der Waals surface area contributed by atoms with Crippen molar-refractivity contribution in [1.29, 1.82) is 0 Å². The van der Waals surface area contributed by atoms with Crippen LogP contribution in [0.1, 0.15) is 5.56 Å². The van der Waals surface area contributed by atoms with Crippen LogP contribution in [-0.4, -0.2) is 6.79 Å². The van der Waals surface area contributed by atoms with Crippen molar-refractivity contribution in [2.45, 2.75) is 6.92 Å². The van der Waals surface area contributed by atoms with Crippen LogP contribution >= 0.6 is 27.3 Å². The summed E-state index contributed by atoms with van der Waals surface area (Å²) in [5.74, 6) is -0.203. The number of carbonyl (C=O) groups is 1. The Labute approximate surface area is 141 Å². The molecular formula is C18H14BrFOS. The van der Waals surface area contributed by atoms with E-state index in [0.717, 1.165) is 10.0 Å². The Morgan fingerprint density at radius 2 is 1.68 bits per heavy atom. The standard InChI is InChI=1S/C17H12BrFS.CH2O/c1-11-2-5-13(18)10-16(11)15-8-9-20-17(15)12-3-6-14(19)7-4-12;1-2/h2-10H,1H3;1H2. The minimum absolute atomic E-state index is 0.203. The third-order valence-corrected chi connectivity index (χ3v) is 4.72. The van der Waals surface area contributed by atoms with Gasteiger partial charge in [0.05, 0.1) is 0 Å². The Balaban J connectivity index is 0.000000847. The molecule has 0 saturated carbocycles. The largest absolute Gasteiger partial charge is 0.307 e. The average molecular weight is 377 g/mol. The van der Waals surface area contributed by atoms with Crippen molar-refractivity contribution in [2.24, 2.45) is 0 Å². The monoisotopic (exact) mass is 376 g/mol. The lowest BCUT2D eigenvalue weighted by Crippen LogP contribution is -1.84. The molecule has 0 saturated heterocycles. The Kier molecular flexibility index (Phi) is 5.63. The number of hydrogen-bond acceptors (Lipinski definition) is 2. The number of rotatable bonds is 2. The third kappa shape index (κ3) is 3.51. The first-order valence-electron chi connectivity index (χ1n) is 6.54. The topological polar surface area (TPSA) is 17.1 Å². The predicted molar refractivity (Wildman–Crippen MR) is 94.7 cm³/mol. The summed E-state index contributed by atoms with van der Waals surface area (Å²) in [6.07, 6.45) is 0. The van der Waals surface area contributed by atoms with Crippen molar-refractivity contribution in [1.82, 2.24) is 0 Å². The summed E-state index contributed by atoms with van der Waals surface area (Å²) >= 11 is 5.21. The van der Waals surface area contributed by atoms with E-state index in [4.69, 9.17) is 4.79 Å². The number of thiophene rings is 1. The summed E-state index contributed by atoms with van der Waals surface area (Å²) in [7, 11) is 0. The van der Waals surface area contributed by atoms with Crippen LogP contribution in [0, 0.1) is 12.7 Å². The second-order valence-corrected chi connectivity index (χ2v) is 6.46. The molecule has 0 bridgehead atoms. The van der Waals surface area contributed by atoms with Crippen LogP contribution in [0.3, 0.4) is 0 Å². The van der Waals surface area contributed by atoms with Crippen LogP contribution in [0.2, 0.25) is 0 Å². The summed E-state index contributed by atoms with van der Waals surface area (Å²) in [5.41, 5.74) is 4.69. The Morgan fingerprint density at radius 3 is 2.36 bits per heavy atom. The second kappa shape index (κ2) is 7.47. The molecule has 3 rings (SSSR count). The van der Waals surface area contributed by atoms with Gasteiger partial charge in [-0.15, -0.1) is 11.3 Å². The zero-order chi connectivity index (χ0) is 16.1. The average Bonchev–Trinajstić information content (AvgIpc) is 3.02. The lowest BCUT2D eigenvalue weighted by atomic mass is 9.99. The van der Waals surface area contributed by atoms with Crippen molar-refractivity contribution in [2.75, 3.05) is 0 Å². The van der Waals surface area contributed by atoms with E-state index >= 15 is 0 Å². The zero-order valence-electron chi connectivity index (χ0n) is 12.0. The Bertz CT molecular complexity index is 765. The quantitative estimate of drug-likeness (QED) is 0.527. The molecule has 0 aliphatic heterocycles. The molecule has 0 spiro atoms. The van der Waals surface area contributed by atoms with Crippen LogP contribution in [0.4, 0.5) is 4.39 Å². The molecule has 1 heterocycles. The van der Waals surface area contributed by atoms with Gasteiger partial charge in [-0.2, -0.15) is 0 Å². The molecule has 112 valence electrons. The molecule has 0 N–H and O–H groups in total. The van der Waals surface area contributed by atoms with Crippen molar-refractivity contribution < 1.29 is 9.18 Å². The smallest absolute Gasteiger partial charge is 0.123 e. The fourth-order valence-electron chi connectivity index (χ4n) is 2.23. The van der Waals surface area contributed by atoms with Gasteiger partial charge in [-0.3, -0.25) is 0 Å². The Morgan fingerprint density at radius 1 is 1.00 bits per heavy atom. The van der Waals surface area contributed by atoms with Gasteiger partial charge in [0.15, 0.2) is 0 Å². The van der Waals surface area contributed by atoms with E-state index in [0.29, 0.717) is 0 Å². The van der Waals surface area contributed by atoms with E-state index in [9.17, 15) is 4.39 Å². The summed E-state index contributed by atoms with van der Waals surface area (Å²) in [4.78, 5) is 9.17. The van der Waals surface area contributed by atoms with Gasteiger partial charge in [0.1, 0.15) is 12.6 Å². The number of aryl methyl sites for hydroxylation is 1. The highest BCUT2D eigenvalue weighted by atomic mass is 79.9. The van der Waals surface area contributed by atoms with Crippen molar-refractivity contribution in [3.05, 3.63) is 69.8 Å². The summed E-state index contributed by atoms with van der Waals surface area (Å²) in [5, 5.41) is 2.08. The lowest BCUT2D eigenvalue weighted by molar-refractivity contribution is -0.0979. The number of benzene rings is 2. The molecule has 4 heteroatoms. The molecule has 0 atom stereocenters. The molecule has 0 fully saturated rings. The predicted octanol–water partition coefficient (Wildman–Crippen LogP) is 6.11. The molecule has 0 aliphatic carbocycles. The normalized spacial score (nSPS) is 9.95. The van der Waals surface area contributed by atoms with E-state index in [1.165, 1.54) is 33.7 Å². The zero-order valence-corrected chi connectivity index (χ0v) is 14.4. The maximum Gasteiger partial charge on any atom is 0.123 e. The fourth-order valence-corrected chi connectivity index (χ4v) is 3.51. The first-order valence-corrected chi connectivity index (χ1v) is 8.21. The number of halogens is 2. The maximum atomic E-state index is 13.1. The highest BCUT2D eigenvalue weighted by molar-refractivity contribution is 9.10. The molecule has 22 heavy (non-hydrogen) atoms. The van der Waals surface area contributed by atoms with Gasteiger partial charge in [0.25, 0.3) is 0 Å². The third-order valence-electron chi connectivity index (χ3n) is 3.26. The maximum absolute atomic E-state index is 13.1. The molecular weight excluding hydrogens is 363 g/mol. The molecule has 2 aromatic carbocycles. The molecule has 1 aromatic heterocycles. The minimum Gasteiger partial charge on any atom is -0.307 e. The molecule has 0 unspecified atom stereocenters. The van der Waals surface area contributed by atoms with Crippen LogP contribution in [-0.2, 0) is 4.79 Å². The van der Waals surface area contributed by atoms with E-state index in [1.54, 1.807) is 11.3 Å². The first-order chi connectivity index (χ1) is 10.6. The lowest BCUT2D eigenvalue weighted by Gasteiger charge is -2.08. The van der Waals surface area contributed by atoms with Crippen LogP contribution < -0.4 is 0 Å². The summed E-state index contributed by atoms with van der Waals surface area (Å²) in [6.45, 7) is 4.11. The van der Waals surface area contributed by atoms with E-state index in [1.807, 2.05) is 25.0 Å². The van der Waals surface area contributed by atoms with Crippen molar-refractivity contribution in [3.63, 3.8) is 0 Å². The van der Waals surface area contributed by atoms with E-state index < -0.39 is 0 Å². The van der Waals surface area contributed by atoms with Crippen molar-refractivity contribution in [3.8, 4) is 21.6 Å². The minimum atomic E-state index is -0.203. The number of hydrogen-bond donors (Lipinski definition) is 0. The second-order valence-electron chi connectivity index (χ2n) is 4.63. The van der Waals surface area contributed by atoms with Gasteiger partial charge < -0.3 is 4.79 Å². The Hall–Kier alpha value is -1.78. The fraction of sp³-hybridized carbons (Fsp3) is 0.0556. The first kappa shape index (κ1) is 16.6.